The molecule has 1 heterocycles. The molecule has 114 valence electrons. The summed E-state index contributed by atoms with van der Waals surface area (Å²) in [6.07, 6.45) is 0.735. The highest BCUT2D eigenvalue weighted by molar-refractivity contribution is 7.89. The Morgan fingerprint density at radius 2 is 1.75 bits per heavy atom. The molecular formula is C14H23ClN2O2S. The van der Waals surface area contributed by atoms with Gasteiger partial charge in [-0.05, 0) is 29.5 Å². The minimum Gasteiger partial charge on any atom is -0.326 e. The van der Waals surface area contributed by atoms with Crippen LogP contribution in [0.25, 0.3) is 0 Å². The van der Waals surface area contributed by atoms with E-state index in [-0.39, 0.29) is 23.9 Å². The number of benzene rings is 1. The summed E-state index contributed by atoms with van der Waals surface area (Å²) in [5, 5.41) is 0. The molecule has 0 spiro atoms. The molecule has 1 aliphatic rings. The zero-order valence-corrected chi connectivity index (χ0v) is 13.8. The second-order valence-corrected chi connectivity index (χ2v) is 8.12. The molecule has 4 nitrogen and oxygen atoms in total. The van der Waals surface area contributed by atoms with E-state index in [9.17, 15) is 8.42 Å². The number of nitrogens with zero attached hydrogens (tertiary/aromatic N) is 1. The fraction of sp³-hybridized carbons (Fsp3) is 0.571. The van der Waals surface area contributed by atoms with Gasteiger partial charge in [0.1, 0.15) is 0 Å². The van der Waals surface area contributed by atoms with Crippen molar-refractivity contribution in [3.8, 4) is 0 Å². The van der Waals surface area contributed by atoms with E-state index in [0.29, 0.717) is 18.0 Å². The van der Waals surface area contributed by atoms with Gasteiger partial charge in [-0.3, -0.25) is 0 Å². The maximum atomic E-state index is 12.4. The van der Waals surface area contributed by atoms with E-state index in [2.05, 4.69) is 20.8 Å². The molecule has 0 bridgehead atoms. The summed E-state index contributed by atoms with van der Waals surface area (Å²) in [4.78, 5) is 0.356. The van der Waals surface area contributed by atoms with Crippen molar-refractivity contribution < 1.29 is 8.42 Å². The van der Waals surface area contributed by atoms with Crippen LogP contribution in [-0.2, 0) is 15.4 Å². The standard InChI is InChI=1S/C14H22N2O2S.ClH/c1-14(2,3)11-4-6-13(7-5-11)19(17,18)16-9-8-12(15)10-16;/h4-7,12H,8-10,15H2,1-3H3;1H/t12-;/m1./s1. The third-order valence-electron chi connectivity index (χ3n) is 3.55. The maximum absolute atomic E-state index is 12.4. The SMILES string of the molecule is CC(C)(C)c1ccc(S(=O)(=O)N2CC[C@@H](N)C2)cc1.Cl. The van der Waals surface area contributed by atoms with Crippen LogP contribution < -0.4 is 5.73 Å². The lowest BCUT2D eigenvalue weighted by Gasteiger charge is -2.20. The van der Waals surface area contributed by atoms with E-state index >= 15 is 0 Å². The monoisotopic (exact) mass is 318 g/mol. The van der Waals surface area contributed by atoms with Crippen molar-refractivity contribution in [3.63, 3.8) is 0 Å². The molecule has 0 aliphatic carbocycles. The molecule has 1 aromatic rings. The second-order valence-electron chi connectivity index (χ2n) is 6.19. The highest BCUT2D eigenvalue weighted by Crippen LogP contribution is 2.25. The van der Waals surface area contributed by atoms with Crippen LogP contribution in [0.2, 0.25) is 0 Å². The van der Waals surface area contributed by atoms with Crippen molar-refractivity contribution in [2.45, 2.75) is 43.5 Å². The second kappa shape index (κ2) is 6.02. The van der Waals surface area contributed by atoms with Gasteiger partial charge in [-0.25, -0.2) is 8.42 Å². The van der Waals surface area contributed by atoms with Crippen molar-refractivity contribution in [3.05, 3.63) is 29.8 Å². The first kappa shape index (κ1) is 17.4. The van der Waals surface area contributed by atoms with E-state index in [4.69, 9.17) is 5.73 Å². The fourth-order valence-electron chi connectivity index (χ4n) is 2.25. The van der Waals surface area contributed by atoms with Gasteiger partial charge in [0.25, 0.3) is 0 Å². The number of rotatable bonds is 2. The van der Waals surface area contributed by atoms with Crippen LogP contribution in [0, 0.1) is 0 Å². The van der Waals surface area contributed by atoms with Gasteiger partial charge in [-0.2, -0.15) is 4.31 Å². The van der Waals surface area contributed by atoms with Crippen LogP contribution in [0.3, 0.4) is 0 Å². The Morgan fingerprint density at radius 1 is 1.20 bits per heavy atom. The van der Waals surface area contributed by atoms with Gasteiger partial charge in [0.05, 0.1) is 4.90 Å². The molecule has 0 aromatic heterocycles. The van der Waals surface area contributed by atoms with Crippen LogP contribution in [-0.4, -0.2) is 31.9 Å². The lowest BCUT2D eigenvalue weighted by Crippen LogP contribution is -2.32. The normalized spacial score (nSPS) is 20.7. The van der Waals surface area contributed by atoms with Gasteiger partial charge in [0.2, 0.25) is 10.0 Å². The molecule has 0 saturated carbocycles. The molecule has 0 radical (unpaired) electrons. The Hall–Kier alpha value is -0.620. The Labute approximate surface area is 127 Å². The molecule has 2 rings (SSSR count). The number of sulfonamides is 1. The third kappa shape index (κ3) is 3.52. The zero-order valence-electron chi connectivity index (χ0n) is 12.2. The van der Waals surface area contributed by atoms with Crippen LogP contribution >= 0.6 is 12.4 Å². The summed E-state index contributed by atoms with van der Waals surface area (Å²) in [5.74, 6) is 0. The van der Waals surface area contributed by atoms with Gasteiger partial charge in [-0.15, -0.1) is 12.4 Å². The molecule has 1 saturated heterocycles. The van der Waals surface area contributed by atoms with Gasteiger partial charge in [0.15, 0.2) is 0 Å². The van der Waals surface area contributed by atoms with E-state index in [1.807, 2.05) is 12.1 Å². The fourth-order valence-corrected chi connectivity index (χ4v) is 3.76. The summed E-state index contributed by atoms with van der Waals surface area (Å²) in [7, 11) is -3.38. The average Bonchev–Trinajstić information content (AvgIpc) is 2.76. The molecule has 2 N–H and O–H groups in total. The summed E-state index contributed by atoms with van der Waals surface area (Å²) in [6, 6.07) is 7.13. The van der Waals surface area contributed by atoms with Gasteiger partial charge >= 0.3 is 0 Å². The van der Waals surface area contributed by atoms with Gasteiger partial charge in [-0.1, -0.05) is 32.9 Å². The third-order valence-corrected chi connectivity index (χ3v) is 5.42. The Balaban J connectivity index is 0.00000200. The summed E-state index contributed by atoms with van der Waals surface area (Å²) >= 11 is 0. The number of nitrogens with two attached hydrogens (primary N) is 1. The highest BCUT2D eigenvalue weighted by atomic mass is 35.5. The van der Waals surface area contributed by atoms with Crippen LogP contribution in [0.4, 0.5) is 0 Å². The molecule has 1 fully saturated rings. The number of halogens is 1. The first-order chi connectivity index (χ1) is 8.71. The van der Waals surface area contributed by atoms with Crippen LogP contribution in [0.15, 0.2) is 29.2 Å². The topological polar surface area (TPSA) is 63.4 Å². The smallest absolute Gasteiger partial charge is 0.243 e. The minimum atomic E-state index is -3.38. The summed E-state index contributed by atoms with van der Waals surface area (Å²) < 4.78 is 26.3. The molecule has 1 aliphatic heterocycles. The van der Waals surface area contributed by atoms with Crippen LogP contribution in [0.5, 0.6) is 0 Å². The molecule has 1 aromatic carbocycles. The average molecular weight is 319 g/mol. The van der Waals surface area contributed by atoms with Crippen molar-refractivity contribution in [1.82, 2.24) is 4.31 Å². The van der Waals surface area contributed by atoms with Gasteiger partial charge in [0, 0.05) is 19.1 Å². The summed E-state index contributed by atoms with van der Waals surface area (Å²) in [6.45, 7) is 7.26. The van der Waals surface area contributed by atoms with Crippen molar-refractivity contribution >= 4 is 22.4 Å². The van der Waals surface area contributed by atoms with Crippen molar-refractivity contribution in [1.29, 1.82) is 0 Å². The van der Waals surface area contributed by atoms with E-state index in [1.165, 1.54) is 4.31 Å². The largest absolute Gasteiger partial charge is 0.326 e. The lowest BCUT2D eigenvalue weighted by molar-refractivity contribution is 0.472. The van der Waals surface area contributed by atoms with E-state index in [0.717, 1.165) is 12.0 Å². The summed E-state index contributed by atoms with van der Waals surface area (Å²) in [5.41, 5.74) is 6.93. The van der Waals surface area contributed by atoms with Crippen molar-refractivity contribution in [2.75, 3.05) is 13.1 Å². The van der Waals surface area contributed by atoms with Gasteiger partial charge < -0.3 is 5.73 Å². The van der Waals surface area contributed by atoms with E-state index < -0.39 is 10.0 Å². The lowest BCUT2D eigenvalue weighted by atomic mass is 9.87. The van der Waals surface area contributed by atoms with Crippen LogP contribution in [0.1, 0.15) is 32.8 Å². The quantitative estimate of drug-likeness (QED) is 0.908. The van der Waals surface area contributed by atoms with Crippen molar-refractivity contribution in [2.24, 2.45) is 5.73 Å². The Morgan fingerprint density at radius 3 is 2.15 bits per heavy atom. The molecule has 6 heteroatoms. The number of hydrogen-bond acceptors (Lipinski definition) is 3. The molecule has 0 amide bonds. The predicted octanol–water partition coefficient (Wildman–Crippen LogP) is 2.13. The number of hydrogen-bond donors (Lipinski definition) is 1. The van der Waals surface area contributed by atoms with E-state index in [1.54, 1.807) is 12.1 Å². The Bertz CT molecular complexity index is 550. The minimum absolute atomic E-state index is 0. The maximum Gasteiger partial charge on any atom is 0.243 e. The predicted molar refractivity (Wildman–Crippen MR) is 83.7 cm³/mol. The Kier molecular flexibility index (Phi) is 5.24. The zero-order chi connectivity index (χ0) is 14.3. The first-order valence-electron chi connectivity index (χ1n) is 6.57. The molecule has 1 atom stereocenters. The molecule has 20 heavy (non-hydrogen) atoms. The highest BCUT2D eigenvalue weighted by Gasteiger charge is 2.30. The molecular weight excluding hydrogens is 296 g/mol. The molecule has 0 unspecified atom stereocenters. The first-order valence-corrected chi connectivity index (χ1v) is 8.01.